The Morgan fingerprint density at radius 3 is 1.97 bits per heavy atom. The summed E-state index contributed by atoms with van der Waals surface area (Å²) in [4.78, 5) is 2.12. The van der Waals surface area contributed by atoms with Gasteiger partial charge in [0.15, 0.2) is 11.5 Å². The largest absolute Gasteiger partial charge is 0.453 e. The second-order valence-corrected chi connectivity index (χ2v) is 7.00. The van der Waals surface area contributed by atoms with Crippen LogP contribution in [-0.2, 0) is 6.18 Å². The molecule has 0 atom stereocenters. The number of ether oxygens (including phenoxy) is 1. The molecule has 1 aliphatic heterocycles. The van der Waals surface area contributed by atoms with Crippen LogP contribution in [0.25, 0.3) is 11.1 Å². The Morgan fingerprint density at radius 2 is 1.23 bits per heavy atom. The lowest BCUT2D eigenvalue weighted by atomic mass is 10.0. The lowest BCUT2D eigenvalue weighted by molar-refractivity contribution is -0.137. The molecule has 0 radical (unpaired) electrons. The molecule has 0 saturated carbocycles. The SMILES string of the molecule is FC(F)(F)c1ccc(-c2ccc3c(c2)Oc2ccccc2N3c2ccccc2)cc1. The van der Waals surface area contributed by atoms with Crippen molar-refractivity contribution in [3.8, 4) is 22.6 Å². The van der Waals surface area contributed by atoms with E-state index in [1.807, 2.05) is 72.8 Å². The number of rotatable bonds is 2. The number of halogens is 3. The molecule has 5 rings (SSSR count). The average molecular weight is 403 g/mol. The Morgan fingerprint density at radius 1 is 0.600 bits per heavy atom. The summed E-state index contributed by atoms with van der Waals surface area (Å²) < 4.78 is 44.7. The molecule has 0 aliphatic carbocycles. The van der Waals surface area contributed by atoms with Crippen LogP contribution >= 0.6 is 0 Å². The highest BCUT2D eigenvalue weighted by molar-refractivity contribution is 5.87. The molecule has 1 aliphatic rings. The third-order valence-electron chi connectivity index (χ3n) is 5.09. The number of fused-ring (bicyclic) bond motifs is 2. The van der Waals surface area contributed by atoms with Gasteiger partial charge in [-0.1, -0.05) is 48.5 Å². The zero-order valence-corrected chi connectivity index (χ0v) is 15.7. The maximum absolute atomic E-state index is 12.9. The Labute approximate surface area is 171 Å². The number of benzene rings is 4. The molecule has 2 nitrogen and oxygen atoms in total. The van der Waals surface area contributed by atoms with E-state index in [2.05, 4.69) is 4.90 Å². The summed E-state index contributed by atoms with van der Waals surface area (Å²) in [5, 5.41) is 0. The van der Waals surface area contributed by atoms with Gasteiger partial charge in [-0.25, -0.2) is 0 Å². The van der Waals surface area contributed by atoms with Gasteiger partial charge in [0.1, 0.15) is 0 Å². The van der Waals surface area contributed by atoms with Crippen LogP contribution in [0.4, 0.5) is 30.2 Å². The summed E-state index contributed by atoms with van der Waals surface area (Å²) in [7, 11) is 0. The van der Waals surface area contributed by atoms with Crippen LogP contribution in [0, 0.1) is 0 Å². The van der Waals surface area contributed by atoms with Gasteiger partial charge in [-0.2, -0.15) is 13.2 Å². The summed E-state index contributed by atoms with van der Waals surface area (Å²) in [5.41, 5.74) is 3.62. The topological polar surface area (TPSA) is 12.5 Å². The monoisotopic (exact) mass is 403 g/mol. The van der Waals surface area contributed by atoms with Crippen molar-refractivity contribution in [3.05, 3.63) is 103 Å². The fourth-order valence-corrected chi connectivity index (χ4v) is 3.64. The van der Waals surface area contributed by atoms with Gasteiger partial charge in [0.25, 0.3) is 0 Å². The number of alkyl halides is 3. The molecule has 4 aromatic rings. The van der Waals surface area contributed by atoms with Crippen molar-refractivity contribution in [3.63, 3.8) is 0 Å². The van der Waals surface area contributed by atoms with E-state index in [-0.39, 0.29) is 0 Å². The molecule has 4 aromatic carbocycles. The van der Waals surface area contributed by atoms with Crippen LogP contribution in [0.2, 0.25) is 0 Å². The van der Waals surface area contributed by atoms with Gasteiger partial charge in [0.05, 0.1) is 16.9 Å². The average Bonchev–Trinajstić information content (AvgIpc) is 2.77. The maximum Gasteiger partial charge on any atom is 0.416 e. The highest BCUT2D eigenvalue weighted by Gasteiger charge is 2.30. The minimum Gasteiger partial charge on any atom is -0.453 e. The number of hydrogen-bond donors (Lipinski definition) is 0. The lowest BCUT2D eigenvalue weighted by Crippen LogP contribution is -2.15. The molecule has 0 amide bonds. The van der Waals surface area contributed by atoms with E-state index in [1.165, 1.54) is 12.1 Å². The fourth-order valence-electron chi connectivity index (χ4n) is 3.64. The Kier molecular flexibility index (Phi) is 4.24. The summed E-state index contributed by atoms with van der Waals surface area (Å²) in [6.45, 7) is 0. The van der Waals surface area contributed by atoms with Gasteiger partial charge >= 0.3 is 6.18 Å². The normalized spacial score (nSPS) is 12.7. The number of para-hydroxylation sites is 3. The third-order valence-corrected chi connectivity index (χ3v) is 5.09. The standard InChI is InChI=1S/C25H16F3NO/c26-25(27,28)19-13-10-17(11-14-19)18-12-15-22-24(16-18)30-23-9-5-4-8-21(23)29(22)20-6-2-1-3-7-20/h1-16H. The van der Waals surface area contributed by atoms with Crippen LogP contribution < -0.4 is 9.64 Å². The van der Waals surface area contributed by atoms with Crippen molar-refractivity contribution in [1.29, 1.82) is 0 Å². The molecular weight excluding hydrogens is 387 g/mol. The second kappa shape index (κ2) is 6.95. The van der Waals surface area contributed by atoms with Crippen molar-refractivity contribution in [2.45, 2.75) is 6.18 Å². The smallest absolute Gasteiger partial charge is 0.416 e. The Bertz CT molecular complexity index is 1200. The summed E-state index contributed by atoms with van der Waals surface area (Å²) in [6.07, 6.45) is -4.35. The first kappa shape index (κ1) is 18.3. The second-order valence-electron chi connectivity index (χ2n) is 7.00. The van der Waals surface area contributed by atoms with E-state index >= 15 is 0 Å². The first-order valence-electron chi connectivity index (χ1n) is 9.44. The minimum absolute atomic E-state index is 0.648. The zero-order chi connectivity index (χ0) is 20.7. The number of hydrogen-bond acceptors (Lipinski definition) is 2. The molecular formula is C25H16F3NO. The molecule has 0 spiro atoms. The molecule has 0 saturated heterocycles. The lowest BCUT2D eigenvalue weighted by Gasteiger charge is -2.33. The Hall–Kier alpha value is -3.73. The van der Waals surface area contributed by atoms with Gasteiger partial charge in [0, 0.05) is 5.69 Å². The zero-order valence-electron chi connectivity index (χ0n) is 15.7. The molecule has 0 aromatic heterocycles. The van der Waals surface area contributed by atoms with E-state index < -0.39 is 11.7 Å². The first-order valence-corrected chi connectivity index (χ1v) is 9.44. The predicted octanol–water partition coefficient (Wildman–Crippen LogP) is 7.95. The van der Waals surface area contributed by atoms with Crippen molar-refractivity contribution in [2.24, 2.45) is 0 Å². The third kappa shape index (κ3) is 3.18. The molecule has 30 heavy (non-hydrogen) atoms. The molecule has 0 bridgehead atoms. The van der Waals surface area contributed by atoms with E-state index in [4.69, 9.17) is 4.74 Å². The molecule has 0 fully saturated rings. The van der Waals surface area contributed by atoms with Crippen molar-refractivity contribution in [1.82, 2.24) is 0 Å². The Balaban J connectivity index is 1.59. The predicted molar refractivity (Wildman–Crippen MR) is 112 cm³/mol. The van der Waals surface area contributed by atoms with Gasteiger partial charge < -0.3 is 9.64 Å². The van der Waals surface area contributed by atoms with Crippen LogP contribution in [0.15, 0.2) is 97.1 Å². The van der Waals surface area contributed by atoms with Crippen LogP contribution in [0.3, 0.4) is 0 Å². The fraction of sp³-hybridized carbons (Fsp3) is 0.0400. The van der Waals surface area contributed by atoms with Crippen LogP contribution in [-0.4, -0.2) is 0 Å². The van der Waals surface area contributed by atoms with Gasteiger partial charge in [-0.3, -0.25) is 0 Å². The number of nitrogens with zero attached hydrogens (tertiary/aromatic N) is 1. The van der Waals surface area contributed by atoms with E-state index in [0.717, 1.165) is 40.5 Å². The van der Waals surface area contributed by atoms with Crippen LogP contribution in [0.1, 0.15) is 5.56 Å². The first-order chi connectivity index (χ1) is 14.5. The van der Waals surface area contributed by atoms with Gasteiger partial charge in [0.2, 0.25) is 0 Å². The van der Waals surface area contributed by atoms with Crippen LogP contribution in [0.5, 0.6) is 11.5 Å². The molecule has 148 valence electrons. The summed E-state index contributed by atoms with van der Waals surface area (Å²) in [6, 6.07) is 28.6. The van der Waals surface area contributed by atoms with E-state index in [0.29, 0.717) is 11.3 Å². The number of anilines is 3. The maximum atomic E-state index is 12.9. The molecule has 0 N–H and O–H groups in total. The molecule has 1 heterocycles. The van der Waals surface area contributed by atoms with Crippen molar-refractivity contribution in [2.75, 3.05) is 4.90 Å². The summed E-state index contributed by atoms with van der Waals surface area (Å²) >= 11 is 0. The molecule has 5 heteroatoms. The van der Waals surface area contributed by atoms with E-state index in [9.17, 15) is 13.2 Å². The van der Waals surface area contributed by atoms with E-state index in [1.54, 1.807) is 0 Å². The minimum atomic E-state index is -4.35. The quantitative estimate of drug-likeness (QED) is 0.297. The highest BCUT2D eigenvalue weighted by Crippen LogP contribution is 2.51. The van der Waals surface area contributed by atoms with Crippen molar-refractivity contribution < 1.29 is 17.9 Å². The van der Waals surface area contributed by atoms with Gasteiger partial charge in [-0.05, 0) is 59.7 Å². The summed E-state index contributed by atoms with van der Waals surface area (Å²) in [5.74, 6) is 1.37. The highest BCUT2D eigenvalue weighted by atomic mass is 19.4. The van der Waals surface area contributed by atoms with Gasteiger partial charge in [-0.15, -0.1) is 0 Å². The molecule has 0 unspecified atom stereocenters. The van der Waals surface area contributed by atoms with Crippen molar-refractivity contribution >= 4 is 17.1 Å².